The van der Waals surface area contributed by atoms with Crippen LogP contribution < -0.4 is 5.32 Å². The van der Waals surface area contributed by atoms with Crippen LogP contribution in [0.3, 0.4) is 0 Å². The number of hydrogen-bond acceptors (Lipinski definition) is 7. The second-order valence-electron chi connectivity index (χ2n) is 4.96. The summed E-state index contributed by atoms with van der Waals surface area (Å²) < 4.78 is 9.84. The molecule has 1 amide bonds. The van der Waals surface area contributed by atoms with Crippen molar-refractivity contribution < 1.29 is 23.8 Å². The fourth-order valence-corrected chi connectivity index (χ4v) is 2.25. The molecular weight excluding hydrogens is 354 g/mol. The molecular formula is C15H14ClN3O6. The summed E-state index contributed by atoms with van der Waals surface area (Å²) in [7, 11) is 0. The number of esters is 1. The van der Waals surface area contributed by atoms with E-state index in [0.29, 0.717) is 12.1 Å². The number of hydrogen-bond donors (Lipinski definition) is 1. The van der Waals surface area contributed by atoms with Gasteiger partial charge in [-0.25, -0.2) is 4.79 Å². The van der Waals surface area contributed by atoms with E-state index in [1.54, 1.807) is 13.8 Å². The predicted molar refractivity (Wildman–Crippen MR) is 87.6 cm³/mol. The zero-order valence-corrected chi connectivity index (χ0v) is 14.1. The van der Waals surface area contributed by atoms with Crippen LogP contribution in [0.25, 0.3) is 0 Å². The Bertz CT molecular complexity index is 833. The number of nitrogens with one attached hydrogen (secondary N) is 1. The Balaban J connectivity index is 2.04. The monoisotopic (exact) mass is 367 g/mol. The first-order valence-electron chi connectivity index (χ1n) is 7.19. The summed E-state index contributed by atoms with van der Waals surface area (Å²) in [5.41, 5.74) is 0.179. The maximum Gasteiger partial charge on any atom is 0.344 e. The Morgan fingerprint density at radius 2 is 2.16 bits per heavy atom. The minimum atomic E-state index is -0.758. The van der Waals surface area contributed by atoms with Gasteiger partial charge in [-0.1, -0.05) is 23.7 Å². The number of carbonyl (C=O) groups excluding carboxylic acids is 2. The number of benzene rings is 1. The number of ether oxygens (including phenoxy) is 1. The number of aryl methyl sites for hydroxylation is 2. The average Bonchev–Trinajstić information content (AvgIpc) is 2.93. The number of halogens is 1. The van der Waals surface area contributed by atoms with E-state index in [-0.39, 0.29) is 27.7 Å². The summed E-state index contributed by atoms with van der Waals surface area (Å²) in [6.07, 6.45) is 0.461. The first kappa shape index (κ1) is 18.4. The summed E-state index contributed by atoms with van der Waals surface area (Å²) in [5, 5.41) is 17.2. The number of nitro benzene ring substituents is 1. The van der Waals surface area contributed by atoms with Crippen LogP contribution in [-0.4, -0.2) is 28.6 Å². The minimum Gasteiger partial charge on any atom is -0.452 e. The number of amides is 1. The van der Waals surface area contributed by atoms with Gasteiger partial charge in [-0.05, 0) is 25.5 Å². The van der Waals surface area contributed by atoms with Crippen LogP contribution in [-0.2, 0) is 16.0 Å². The van der Waals surface area contributed by atoms with Crippen molar-refractivity contribution in [2.45, 2.75) is 20.3 Å². The zero-order valence-electron chi connectivity index (χ0n) is 13.4. The van der Waals surface area contributed by atoms with Gasteiger partial charge in [0.2, 0.25) is 0 Å². The number of rotatable bonds is 6. The molecule has 1 aromatic heterocycles. The fourth-order valence-electron chi connectivity index (χ4n) is 2.08. The molecule has 0 bridgehead atoms. The van der Waals surface area contributed by atoms with Crippen LogP contribution in [0, 0.1) is 17.0 Å². The molecule has 132 valence electrons. The molecule has 0 unspecified atom stereocenters. The lowest BCUT2D eigenvalue weighted by Crippen LogP contribution is -2.22. The molecule has 25 heavy (non-hydrogen) atoms. The Morgan fingerprint density at radius 3 is 2.80 bits per heavy atom. The summed E-state index contributed by atoms with van der Waals surface area (Å²) in [4.78, 5) is 34.3. The van der Waals surface area contributed by atoms with Gasteiger partial charge in [-0.3, -0.25) is 14.9 Å². The van der Waals surface area contributed by atoms with Crippen molar-refractivity contribution >= 4 is 34.9 Å². The fraction of sp³-hybridized carbons (Fsp3) is 0.267. The smallest absolute Gasteiger partial charge is 0.344 e. The van der Waals surface area contributed by atoms with Crippen molar-refractivity contribution in [3.8, 4) is 0 Å². The molecule has 0 aliphatic rings. The zero-order chi connectivity index (χ0) is 18.6. The highest BCUT2D eigenvalue weighted by Gasteiger charge is 2.22. The van der Waals surface area contributed by atoms with E-state index >= 15 is 0 Å². The third kappa shape index (κ3) is 4.32. The second kappa shape index (κ2) is 7.75. The number of carbonyl (C=O) groups is 2. The highest BCUT2D eigenvalue weighted by molar-refractivity contribution is 6.31. The molecule has 0 aliphatic heterocycles. The normalized spacial score (nSPS) is 10.4. The molecule has 0 aliphatic carbocycles. The molecule has 10 heteroatoms. The third-order valence-corrected chi connectivity index (χ3v) is 3.47. The van der Waals surface area contributed by atoms with Crippen molar-refractivity contribution in [1.29, 1.82) is 0 Å². The number of aromatic nitrogens is 1. The molecule has 0 saturated heterocycles. The van der Waals surface area contributed by atoms with E-state index in [1.807, 2.05) is 0 Å². The van der Waals surface area contributed by atoms with Crippen LogP contribution in [0.5, 0.6) is 0 Å². The maximum atomic E-state index is 12.1. The molecule has 2 aromatic rings. The number of anilines is 1. The van der Waals surface area contributed by atoms with Gasteiger partial charge in [0.05, 0.1) is 10.6 Å². The van der Waals surface area contributed by atoms with Gasteiger partial charge in [-0.2, -0.15) is 0 Å². The summed E-state index contributed by atoms with van der Waals surface area (Å²) in [6.45, 7) is 2.72. The first-order valence-corrected chi connectivity index (χ1v) is 7.57. The molecule has 1 heterocycles. The molecule has 1 N–H and O–H groups in total. The molecule has 0 fully saturated rings. The van der Waals surface area contributed by atoms with Crippen molar-refractivity contribution in [3.63, 3.8) is 0 Å². The van der Waals surface area contributed by atoms with Crippen LogP contribution in [0.2, 0.25) is 5.02 Å². The molecule has 0 atom stereocenters. The largest absolute Gasteiger partial charge is 0.452 e. The van der Waals surface area contributed by atoms with Crippen molar-refractivity contribution in [2.24, 2.45) is 0 Å². The Hall–Kier alpha value is -2.94. The molecule has 0 saturated carbocycles. The van der Waals surface area contributed by atoms with E-state index in [9.17, 15) is 19.7 Å². The summed E-state index contributed by atoms with van der Waals surface area (Å²) in [5.74, 6) is -1.22. The predicted octanol–water partition coefficient (Wildman–Crippen LogP) is 2.90. The standard InChI is InChI=1S/C15H14ClN3O6/c1-3-10-14(8(2)25-18-10)15(21)24-7-13(20)17-11-6-9(16)4-5-12(11)19(22)23/h4-6H,3,7H2,1-2H3,(H,17,20). The van der Waals surface area contributed by atoms with Crippen LogP contribution in [0.1, 0.15) is 28.7 Å². The lowest BCUT2D eigenvalue weighted by Gasteiger charge is -2.07. The van der Waals surface area contributed by atoms with Gasteiger partial charge in [0.25, 0.3) is 11.6 Å². The number of nitrogens with zero attached hydrogens (tertiary/aromatic N) is 2. The number of nitro groups is 1. The highest BCUT2D eigenvalue weighted by atomic mass is 35.5. The van der Waals surface area contributed by atoms with Gasteiger partial charge in [0, 0.05) is 11.1 Å². The van der Waals surface area contributed by atoms with Gasteiger partial charge in [0.1, 0.15) is 17.0 Å². The Morgan fingerprint density at radius 1 is 1.44 bits per heavy atom. The molecule has 2 rings (SSSR count). The van der Waals surface area contributed by atoms with Gasteiger partial charge in [0.15, 0.2) is 6.61 Å². The van der Waals surface area contributed by atoms with E-state index in [2.05, 4.69) is 10.5 Å². The summed E-state index contributed by atoms with van der Waals surface area (Å²) in [6, 6.07) is 3.73. The van der Waals surface area contributed by atoms with Gasteiger partial charge < -0.3 is 14.6 Å². The lowest BCUT2D eigenvalue weighted by atomic mass is 10.1. The highest BCUT2D eigenvalue weighted by Crippen LogP contribution is 2.27. The van der Waals surface area contributed by atoms with Crippen LogP contribution in [0.4, 0.5) is 11.4 Å². The molecule has 1 aromatic carbocycles. The maximum absolute atomic E-state index is 12.1. The first-order chi connectivity index (χ1) is 11.8. The van der Waals surface area contributed by atoms with Crippen LogP contribution >= 0.6 is 11.6 Å². The Labute approximate surface area is 147 Å². The lowest BCUT2D eigenvalue weighted by molar-refractivity contribution is -0.383. The minimum absolute atomic E-state index is 0.0889. The van der Waals surface area contributed by atoms with E-state index in [1.165, 1.54) is 12.1 Å². The van der Waals surface area contributed by atoms with Crippen LogP contribution in [0.15, 0.2) is 22.7 Å². The molecule has 0 spiro atoms. The topological polar surface area (TPSA) is 125 Å². The summed E-state index contributed by atoms with van der Waals surface area (Å²) >= 11 is 5.77. The third-order valence-electron chi connectivity index (χ3n) is 3.24. The molecule has 0 radical (unpaired) electrons. The SMILES string of the molecule is CCc1noc(C)c1C(=O)OCC(=O)Nc1cc(Cl)ccc1[N+](=O)[O-]. The average molecular weight is 368 g/mol. The van der Waals surface area contributed by atoms with Crippen molar-refractivity contribution in [3.05, 3.63) is 50.4 Å². The van der Waals surface area contributed by atoms with Crippen molar-refractivity contribution in [1.82, 2.24) is 5.16 Å². The molecule has 9 nitrogen and oxygen atoms in total. The second-order valence-corrected chi connectivity index (χ2v) is 5.39. The van der Waals surface area contributed by atoms with Gasteiger partial charge >= 0.3 is 5.97 Å². The quantitative estimate of drug-likeness (QED) is 0.472. The Kier molecular flexibility index (Phi) is 5.71. The van der Waals surface area contributed by atoms with E-state index < -0.39 is 23.4 Å². The van der Waals surface area contributed by atoms with E-state index in [4.69, 9.17) is 20.9 Å². The van der Waals surface area contributed by atoms with E-state index in [0.717, 1.165) is 6.07 Å². The van der Waals surface area contributed by atoms with Gasteiger partial charge in [-0.15, -0.1) is 0 Å². The van der Waals surface area contributed by atoms with Crippen molar-refractivity contribution in [2.75, 3.05) is 11.9 Å².